The lowest BCUT2D eigenvalue weighted by Gasteiger charge is -2.31. The molecule has 2 aliphatic rings. The van der Waals surface area contributed by atoms with E-state index in [1.165, 1.54) is 18.4 Å². The number of rotatable bonds is 6. The Balaban J connectivity index is 1.84. The molecular weight excluding hydrogens is 298 g/mol. The molecule has 0 amide bonds. The molecule has 22 heavy (non-hydrogen) atoms. The first-order chi connectivity index (χ1) is 10.8. The van der Waals surface area contributed by atoms with Crippen LogP contribution in [0, 0.1) is 0 Å². The van der Waals surface area contributed by atoms with Crippen molar-refractivity contribution in [3.63, 3.8) is 0 Å². The Kier molecular flexibility index (Phi) is 4.78. The van der Waals surface area contributed by atoms with Gasteiger partial charge in [0.05, 0.1) is 13.7 Å². The third-order valence-electron chi connectivity index (χ3n) is 3.96. The normalized spacial score (nSPS) is 21.2. The number of benzene rings is 1. The fourth-order valence-electron chi connectivity index (χ4n) is 2.79. The summed E-state index contributed by atoms with van der Waals surface area (Å²) in [4.78, 5) is 2.44. The van der Waals surface area contributed by atoms with Crippen LogP contribution >= 0.6 is 11.8 Å². The second kappa shape index (κ2) is 6.79. The van der Waals surface area contributed by atoms with Crippen molar-refractivity contribution in [3.05, 3.63) is 29.8 Å². The number of hydrogen-bond donors (Lipinski definition) is 0. The molecule has 0 N–H and O–H groups in total. The summed E-state index contributed by atoms with van der Waals surface area (Å²) < 4.78 is 10.7. The van der Waals surface area contributed by atoms with Gasteiger partial charge >= 0.3 is 0 Å². The molecule has 5 nitrogen and oxygen atoms in total. The van der Waals surface area contributed by atoms with Gasteiger partial charge in [0.1, 0.15) is 11.9 Å². The summed E-state index contributed by atoms with van der Waals surface area (Å²) in [5.74, 6) is 1.84. The monoisotopic (exact) mass is 321 g/mol. The molecule has 0 bridgehead atoms. The van der Waals surface area contributed by atoms with Gasteiger partial charge in [-0.1, -0.05) is 30.0 Å². The van der Waals surface area contributed by atoms with Crippen LogP contribution in [-0.2, 0) is 4.74 Å². The lowest BCUT2D eigenvalue weighted by molar-refractivity contribution is 0.153. The molecule has 1 aromatic rings. The first-order valence-corrected chi connectivity index (χ1v) is 8.59. The van der Waals surface area contributed by atoms with Crippen LogP contribution in [0.25, 0.3) is 0 Å². The Hall–Kier alpha value is -1.40. The van der Waals surface area contributed by atoms with E-state index in [2.05, 4.69) is 17.0 Å². The fraction of sp³-hybridized carbons (Fsp3) is 0.562. The molecule has 0 spiro atoms. The van der Waals surface area contributed by atoms with E-state index in [0.717, 1.165) is 23.3 Å². The van der Waals surface area contributed by atoms with E-state index >= 15 is 0 Å². The first-order valence-electron chi connectivity index (χ1n) is 7.60. The largest absolute Gasteiger partial charge is 0.496 e. The van der Waals surface area contributed by atoms with Gasteiger partial charge in [-0.25, -0.2) is 0 Å². The highest BCUT2D eigenvalue weighted by Gasteiger charge is 2.43. The maximum Gasteiger partial charge on any atom is 0.185 e. The summed E-state index contributed by atoms with van der Waals surface area (Å²) in [6, 6.07) is 8.81. The average molecular weight is 321 g/mol. The van der Waals surface area contributed by atoms with E-state index in [0.29, 0.717) is 6.04 Å². The van der Waals surface area contributed by atoms with Crippen molar-refractivity contribution in [3.8, 4) is 5.75 Å². The maximum absolute atomic E-state index is 5.56. The lowest BCUT2D eigenvalue weighted by Crippen LogP contribution is -2.35. The van der Waals surface area contributed by atoms with Gasteiger partial charge in [0.2, 0.25) is 0 Å². The van der Waals surface area contributed by atoms with E-state index in [4.69, 9.17) is 14.6 Å². The van der Waals surface area contributed by atoms with Gasteiger partial charge in [-0.05, 0) is 18.9 Å². The number of hydrazone groups is 1. The highest BCUT2D eigenvalue weighted by molar-refractivity contribution is 8.13. The minimum Gasteiger partial charge on any atom is -0.496 e. The summed E-state index contributed by atoms with van der Waals surface area (Å²) in [6.45, 7) is 0.741. The quantitative estimate of drug-likeness (QED) is 0.753. The molecule has 1 aliphatic heterocycles. The number of hydrogen-bond acceptors (Lipinski definition) is 6. The third kappa shape index (κ3) is 3.03. The molecule has 1 aromatic carbocycles. The summed E-state index contributed by atoms with van der Waals surface area (Å²) in [7, 11) is 5.50. The zero-order valence-corrected chi connectivity index (χ0v) is 14.2. The Labute approximate surface area is 136 Å². The zero-order chi connectivity index (χ0) is 15.5. The highest BCUT2D eigenvalue weighted by atomic mass is 32.2. The molecule has 0 radical (unpaired) electrons. The minimum absolute atomic E-state index is 0.119. The molecule has 1 atom stereocenters. The van der Waals surface area contributed by atoms with E-state index in [-0.39, 0.29) is 6.17 Å². The first kappa shape index (κ1) is 15.5. The van der Waals surface area contributed by atoms with Crippen LogP contribution in [0.1, 0.15) is 24.6 Å². The van der Waals surface area contributed by atoms with Crippen molar-refractivity contribution in [1.82, 2.24) is 9.91 Å². The number of nitrogens with zero attached hydrogens (tertiary/aromatic N) is 3. The molecular formula is C16H23N3O2S. The molecule has 0 aromatic heterocycles. The number of para-hydroxylation sites is 1. The number of thioether (sulfide) groups is 1. The van der Waals surface area contributed by atoms with Gasteiger partial charge in [0, 0.05) is 31.5 Å². The highest BCUT2D eigenvalue weighted by Crippen LogP contribution is 2.43. The minimum atomic E-state index is 0.119. The average Bonchev–Trinajstić information content (AvgIpc) is 3.31. The lowest BCUT2D eigenvalue weighted by atomic mass is 10.1. The number of amidine groups is 1. The van der Waals surface area contributed by atoms with E-state index in [1.807, 2.05) is 24.2 Å². The van der Waals surface area contributed by atoms with Gasteiger partial charge in [-0.15, -0.1) is 0 Å². The van der Waals surface area contributed by atoms with Crippen molar-refractivity contribution >= 4 is 16.9 Å². The predicted octanol–water partition coefficient (Wildman–Crippen LogP) is 2.75. The standard InChI is InChI=1S/C16H23N3O2S/c1-18-15(13-6-4-5-7-14(13)21-3)19(12-8-9-12)16(17-18)22-11-10-20-2/h4-7,12,15H,8-11H2,1-3H3. The molecule has 1 fully saturated rings. The predicted molar refractivity (Wildman–Crippen MR) is 90.1 cm³/mol. The van der Waals surface area contributed by atoms with Crippen LogP contribution in [0.15, 0.2) is 29.4 Å². The van der Waals surface area contributed by atoms with Crippen LogP contribution < -0.4 is 4.74 Å². The molecule has 6 heteroatoms. The van der Waals surface area contributed by atoms with Crippen molar-refractivity contribution in [2.45, 2.75) is 25.0 Å². The van der Waals surface area contributed by atoms with E-state index in [1.54, 1.807) is 26.0 Å². The molecule has 1 unspecified atom stereocenters. The maximum atomic E-state index is 5.56. The van der Waals surface area contributed by atoms with Crippen molar-refractivity contribution in [2.24, 2.45) is 5.10 Å². The topological polar surface area (TPSA) is 37.3 Å². The second-order valence-corrected chi connectivity index (χ2v) is 6.61. The van der Waals surface area contributed by atoms with Gasteiger partial charge < -0.3 is 14.4 Å². The molecule has 1 aliphatic carbocycles. The Bertz CT molecular complexity index is 548. The molecule has 3 rings (SSSR count). The molecule has 1 saturated carbocycles. The van der Waals surface area contributed by atoms with Gasteiger partial charge in [0.15, 0.2) is 5.17 Å². The summed E-state index contributed by atoms with van der Waals surface area (Å²) in [5.41, 5.74) is 1.17. The second-order valence-electron chi connectivity index (χ2n) is 5.55. The van der Waals surface area contributed by atoms with Crippen molar-refractivity contribution < 1.29 is 9.47 Å². The van der Waals surface area contributed by atoms with Crippen LogP contribution in [0.5, 0.6) is 5.75 Å². The van der Waals surface area contributed by atoms with E-state index < -0.39 is 0 Å². The van der Waals surface area contributed by atoms with E-state index in [9.17, 15) is 0 Å². The number of ether oxygens (including phenoxy) is 2. The Morgan fingerprint density at radius 2 is 2.05 bits per heavy atom. The van der Waals surface area contributed by atoms with Gasteiger partial charge in [0.25, 0.3) is 0 Å². The number of methoxy groups -OCH3 is 2. The smallest absolute Gasteiger partial charge is 0.185 e. The summed E-state index contributed by atoms with van der Waals surface area (Å²) in [5, 5.41) is 7.91. The van der Waals surface area contributed by atoms with Crippen molar-refractivity contribution in [1.29, 1.82) is 0 Å². The fourth-order valence-corrected chi connectivity index (χ4v) is 3.80. The van der Waals surface area contributed by atoms with Crippen molar-refractivity contribution in [2.75, 3.05) is 33.6 Å². The Morgan fingerprint density at radius 3 is 2.73 bits per heavy atom. The molecule has 120 valence electrons. The van der Waals surface area contributed by atoms with Crippen LogP contribution in [0.4, 0.5) is 0 Å². The zero-order valence-electron chi connectivity index (χ0n) is 13.4. The summed E-state index contributed by atoms with van der Waals surface area (Å²) in [6.07, 6.45) is 2.60. The Morgan fingerprint density at radius 1 is 1.27 bits per heavy atom. The molecule has 1 heterocycles. The van der Waals surface area contributed by atoms with Crippen LogP contribution in [0.2, 0.25) is 0 Å². The summed E-state index contributed by atoms with van der Waals surface area (Å²) >= 11 is 1.77. The van der Waals surface area contributed by atoms with Crippen LogP contribution in [-0.4, -0.2) is 54.7 Å². The SMILES string of the molecule is COCCSC1=NN(C)C(c2ccccc2OC)N1C1CC1. The van der Waals surface area contributed by atoms with Gasteiger partial charge in [-0.2, -0.15) is 5.10 Å². The third-order valence-corrected chi connectivity index (χ3v) is 4.88. The molecule has 0 saturated heterocycles. The van der Waals surface area contributed by atoms with Crippen LogP contribution in [0.3, 0.4) is 0 Å². The van der Waals surface area contributed by atoms with Gasteiger partial charge in [-0.3, -0.25) is 5.01 Å².